The van der Waals surface area contributed by atoms with Crippen LogP contribution in [-0.2, 0) is 11.2 Å². The maximum absolute atomic E-state index is 10.9. The number of nitrogens with one attached hydrogen (secondary N) is 1. The summed E-state index contributed by atoms with van der Waals surface area (Å²) in [7, 11) is 0. The van der Waals surface area contributed by atoms with Gasteiger partial charge in [-0.3, -0.25) is 4.79 Å². The van der Waals surface area contributed by atoms with Crippen LogP contribution in [0.15, 0.2) is 42.6 Å². The zero-order valence-corrected chi connectivity index (χ0v) is 17.1. The summed E-state index contributed by atoms with van der Waals surface area (Å²) < 4.78 is 5.71. The maximum atomic E-state index is 10.9. The molecule has 0 saturated heterocycles. The first-order chi connectivity index (χ1) is 14.1. The number of nitriles is 1. The number of amides is 1. The van der Waals surface area contributed by atoms with Gasteiger partial charge in [-0.2, -0.15) is 5.26 Å². The van der Waals surface area contributed by atoms with Crippen molar-refractivity contribution in [2.75, 3.05) is 0 Å². The SMILES string of the molecule is CC(C)Oc1ccc(-c2ncc(-c3cccc4c3CC[C@@H]4NC=O)s2)cc1C#N. The summed E-state index contributed by atoms with van der Waals surface area (Å²) in [5.41, 5.74) is 5.05. The molecule has 4 rings (SSSR count). The minimum absolute atomic E-state index is 0.0112. The molecule has 5 nitrogen and oxygen atoms in total. The van der Waals surface area contributed by atoms with Gasteiger partial charge in [0.2, 0.25) is 6.41 Å². The largest absolute Gasteiger partial charge is 0.490 e. The van der Waals surface area contributed by atoms with Crippen molar-refractivity contribution in [1.82, 2.24) is 10.3 Å². The van der Waals surface area contributed by atoms with E-state index in [1.165, 1.54) is 16.7 Å². The van der Waals surface area contributed by atoms with Gasteiger partial charge in [0.1, 0.15) is 16.8 Å². The smallest absolute Gasteiger partial charge is 0.207 e. The van der Waals surface area contributed by atoms with Gasteiger partial charge in [0.05, 0.1) is 22.6 Å². The highest BCUT2D eigenvalue weighted by atomic mass is 32.1. The molecule has 29 heavy (non-hydrogen) atoms. The Morgan fingerprint density at radius 2 is 2.21 bits per heavy atom. The van der Waals surface area contributed by atoms with Crippen LogP contribution in [-0.4, -0.2) is 17.5 Å². The van der Waals surface area contributed by atoms with Crippen molar-refractivity contribution >= 4 is 17.7 Å². The average Bonchev–Trinajstić information content (AvgIpc) is 3.36. The number of thiazole rings is 1. The van der Waals surface area contributed by atoms with Gasteiger partial charge < -0.3 is 10.1 Å². The maximum Gasteiger partial charge on any atom is 0.207 e. The Balaban J connectivity index is 1.67. The lowest BCUT2D eigenvalue weighted by Gasteiger charge is -2.11. The number of rotatable bonds is 6. The number of hydrogen-bond donors (Lipinski definition) is 1. The Labute approximate surface area is 174 Å². The number of fused-ring (bicyclic) bond motifs is 1. The highest BCUT2D eigenvalue weighted by Gasteiger charge is 2.25. The summed E-state index contributed by atoms with van der Waals surface area (Å²) in [6.07, 6.45) is 4.53. The molecule has 0 unspecified atom stereocenters. The fraction of sp³-hybridized carbons (Fsp3) is 0.261. The Morgan fingerprint density at radius 3 is 2.97 bits per heavy atom. The predicted molar refractivity (Wildman–Crippen MR) is 114 cm³/mol. The molecule has 1 N–H and O–H groups in total. The molecule has 1 aliphatic carbocycles. The van der Waals surface area contributed by atoms with E-state index in [2.05, 4.69) is 28.5 Å². The molecule has 146 valence electrons. The second kappa shape index (κ2) is 8.06. The summed E-state index contributed by atoms with van der Waals surface area (Å²) in [5.74, 6) is 0.595. The number of hydrogen-bond acceptors (Lipinski definition) is 5. The van der Waals surface area contributed by atoms with Gasteiger partial charge in [0.25, 0.3) is 0 Å². The van der Waals surface area contributed by atoms with Crippen LogP contribution in [0.25, 0.3) is 21.0 Å². The molecule has 0 bridgehead atoms. The average molecular weight is 404 g/mol. The van der Waals surface area contributed by atoms with E-state index in [4.69, 9.17) is 4.74 Å². The van der Waals surface area contributed by atoms with Crippen molar-refractivity contribution < 1.29 is 9.53 Å². The fourth-order valence-corrected chi connectivity index (χ4v) is 4.74. The highest BCUT2D eigenvalue weighted by Crippen LogP contribution is 2.41. The highest BCUT2D eigenvalue weighted by molar-refractivity contribution is 7.18. The third-order valence-corrected chi connectivity index (χ3v) is 6.10. The minimum Gasteiger partial charge on any atom is -0.490 e. The second-order valence-electron chi connectivity index (χ2n) is 7.27. The number of carbonyl (C=O) groups excluding carboxylic acids is 1. The van der Waals surface area contributed by atoms with Gasteiger partial charge in [-0.25, -0.2) is 4.98 Å². The normalized spacial score (nSPS) is 15.0. The van der Waals surface area contributed by atoms with Crippen LogP contribution < -0.4 is 10.1 Å². The molecule has 1 atom stereocenters. The third kappa shape index (κ3) is 3.74. The number of carbonyl (C=O) groups is 1. The van der Waals surface area contributed by atoms with Crippen molar-refractivity contribution in [2.24, 2.45) is 0 Å². The molecule has 1 aliphatic rings. The van der Waals surface area contributed by atoms with E-state index >= 15 is 0 Å². The molecule has 1 amide bonds. The van der Waals surface area contributed by atoms with Crippen LogP contribution in [0.2, 0.25) is 0 Å². The van der Waals surface area contributed by atoms with Crippen LogP contribution in [0.5, 0.6) is 5.75 Å². The number of nitrogens with zero attached hydrogens (tertiary/aromatic N) is 2. The molecule has 0 spiro atoms. The molecule has 0 aliphatic heterocycles. The zero-order valence-electron chi connectivity index (χ0n) is 16.3. The van der Waals surface area contributed by atoms with Crippen LogP contribution in [0.1, 0.15) is 43.0 Å². The first-order valence-corrected chi connectivity index (χ1v) is 10.4. The van der Waals surface area contributed by atoms with Crippen molar-refractivity contribution in [2.45, 2.75) is 38.8 Å². The lowest BCUT2D eigenvalue weighted by Crippen LogP contribution is -2.16. The van der Waals surface area contributed by atoms with Crippen molar-refractivity contribution in [3.63, 3.8) is 0 Å². The number of ether oxygens (including phenoxy) is 1. The summed E-state index contributed by atoms with van der Waals surface area (Å²) in [6, 6.07) is 14.1. The summed E-state index contributed by atoms with van der Waals surface area (Å²) in [4.78, 5) is 16.6. The van der Waals surface area contributed by atoms with Crippen LogP contribution >= 0.6 is 11.3 Å². The first kappa shape index (κ1) is 19.2. The quantitative estimate of drug-likeness (QED) is 0.596. The van der Waals surface area contributed by atoms with E-state index in [-0.39, 0.29) is 12.1 Å². The first-order valence-electron chi connectivity index (χ1n) is 9.59. The van der Waals surface area contributed by atoms with E-state index in [1.54, 1.807) is 11.3 Å². The van der Waals surface area contributed by atoms with E-state index in [0.717, 1.165) is 34.7 Å². The van der Waals surface area contributed by atoms with Crippen molar-refractivity contribution in [3.05, 3.63) is 59.3 Å². The Bertz CT molecular complexity index is 1100. The molecule has 3 aromatic rings. The zero-order chi connectivity index (χ0) is 20.4. The van der Waals surface area contributed by atoms with E-state index in [0.29, 0.717) is 11.3 Å². The summed E-state index contributed by atoms with van der Waals surface area (Å²) >= 11 is 1.61. The second-order valence-corrected chi connectivity index (χ2v) is 8.30. The summed E-state index contributed by atoms with van der Waals surface area (Å²) in [5, 5.41) is 13.3. The predicted octanol–water partition coefficient (Wildman–Crippen LogP) is 4.87. The van der Waals surface area contributed by atoms with Gasteiger partial charge >= 0.3 is 0 Å². The van der Waals surface area contributed by atoms with Crippen molar-refractivity contribution in [1.29, 1.82) is 5.26 Å². The van der Waals surface area contributed by atoms with Gasteiger partial charge in [-0.15, -0.1) is 11.3 Å². The lowest BCUT2D eigenvalue weighted by molar-refractivity contribution is -0.110. The van der Waals surface area contributed by atoms with E-state index in [9.17, 15) is 10.1 Å². The Kier molecular flexibility index (Phi) is 5.32. The van der Waals surface area contributed by atoms with Gasteiger partial charge in [-0.05, 0) is 61.6 Å². The fourth-order valence-electron chi connectivity index (χ4n) is 3.78. The van der Waals surface area contributed by atoms with E-state index in [1.807, 2.05) is 44.3 Å². The topological polar surface area (TPSA) is 75.0 Å². The van der Waals surface area contributed by atoms with Crippen molar-refractivity contribution in [3.8, 4) is 32.8 Å². The molecule has 0 saturated carbocycles. The molecule has 2 aromatic carbocycles. The van der Waals surface area contributed by atoms with Gasteiger partial charge in [0, 0.05) is 11.8 Å². The minimum atomic E-state index is 0.0112. The molecular formula is C23H21N3O2S. The van der Waals surface area contributed by atoms with E-state index < -0.39 is 0 Å². The lowest BCUT2D eigenvalue weighted by atomic mass is 10.0. The number of benzene rings is 2. The molecule has 6 heteroatoms. The Hall–Kier alpha value is -3.17. The van der Waals surface area contributed by atoms with Gasteiger partial charge in [-0.1, -0.05) is 18.2 Å². The third-order valence-electron chi connectivity index (χ3n) is 5.02. The summed E-state index contributed by atoms with van der Waals surface area (Å²) in [6.45, 7) is 3.88. The molecule has 1 aromatic heterocycles. The molecule has 0 radical (unpaired) electrons. The molecule has 1 heterocycles. The number of aromatic nitrogens is 1. The van der Waals surface area contributed by atoms with Gasteiger partial charge in [0.15, 0.2) is 0 Å². The standard InChI is InChI=1S/C23H21N3O2S/c1-14(2)28-21-9-6-15(10-16(21)11-24)23-25-12-22(29-23)19-5-3-4-18-17(19)7-8-20(18)26-13-27/h3-6,9-10,12-14,20H,7-8H2,1-2H3,(H,26,27)/t20-/m0/s1. The van der Waals surface area contributed by atoms with Crippen LogP contribution in [0.3, 0.4) is 0 Å². The molecular weight excluding hydrogens is 382 g/mol. The van der Waals surface area contributed by atoms with Crippen LogP contribution in [0.4, 0.5) is 0 Å². The molecule has 0 fully saturated rings. The van der Waals surface area contributed by atoms with Crippen LogP contribution in [0, 0.1) is 11.3 Å². The Morgan fingerprint density at radius 1 is 1.34 bits per heavy atom. The monoisotopic (exact) mass is 403 g/mol.